The van der Waals surface area contributed by atoms with Crippen molar-refractivity contribution in [2.24, 2.45) is 0 Å². The quantitative estimate of drug-likeness (QED) is 0.682. The number of ether oxygens (including phenoxy) is 1. The highest BCUT2D eigenvalue weighted by Gasteiger charge is 2.07. The van der Waals surface area contributed by atoms with Gasteiger partial charge in [-0.2, -0.15) is 0 Å². The Hall–Kier alpha value is -1.55. The van der Waals surface area contributed by atoms with E-state index < -0.39 is 0 Å². The van der Waals surface area contributed by atoms with Crippen molar-refractivity contribution in [2.75, 3.05) is 25.5 Å². The van der Waals surface area contributed by atoms with Crippen LogP contribution >= 0.6 is 0 Å². The standard InChI is InChI=1S/C16H26N2O2/c1-4-5-6-10-17-11-9-16(19)18-14-12-13(2)7-8-15(14)20-3/h7-8,12,17H,4-6,9-11H2,1-3H3,(H,18,19). The maximum absolute atomic E-state index is 11.9. The summed E-state index contributed by atoms with van der Waals surface area (Å²) >= 11 is 0. The van der Waals surface area contributed by atoms with Gasteiger partial charge in [-0.05, 0) is 37.6 Å². The van der Waals surface area contributed by atoms with Gasteiger partial charge in [0, 0.05) is 13.0 Å². The van der Waals surface area contributed by atoms with E-state index in [0.29, 0.717) is 18.7 Å². The normalized spacial score (nSPS) is 10.3. The van der Waals surface area contributed by atoms with Crippen molar-refractivity contribution < 1.29 is 9.53 Å². The number of methoxy groups -OCH3 is 1. The van der Waals surface area contributed by atoms with Crippen molar-refractivity contribution in [3.63, 3.8) is 0 Å². The molecule has 1 aromatic carbocycles. The van der Waals surface area contributed by atoms with Crippen LogP contribution in [0.25, 0.3) is 0 Å². The molecule has 0 aliphatic carbocycles. The predicted molar refractivity (Wildman–Crippen MR) is 83.4 cm³/mol. The van der Waals surface area contributed by atoms with Crippen LogP contribution in [0, 0.1) is 6.92 Å². The summed E-state index contributed by atoms with van der Waals surface area (Å²) in [6, 6.07) is 5.75. The lowest BCUT2D eigenvalue weighted by Crippen LogP contribution is -2.22. The van der Waals surface area contributed by atoms with Crippen LogP contribution in [0.2, 0.25) is 0 Å². The zero-order chi connectivity index (χ0) is 14.8. The number of nitrogens with one attached hydrogen (secondary N) is 2. The Labute approximate surface area is 121 Å². The molecule has 0 unspecified atom stereocenters. The molecular formula is C16H26N2O2. The number of rotatable bonds is 9. The number of hydrogen-bond acceptors (Lipinski definition) is 3. The Balaban J connectivity index is 2.33. The second-order valence-electron chi connectivity index (χ2n) is 4.96. The van der Waals surface area contributed by atoms with Crippen molar-refractivity contribution in [1.29, 1.82) is 0 Å². The SMILES string of the molecule is CCCCCNCCC(=O)Nc1cc(C)ccc1OC. The first-order valence-corrected chi connectivity index (χ1v) is 7.32. The molecule has 0 aliphatic rings. The molecule has 0 aliphatic heterocycles. The van der Waals surface area contributed by atoms with Gasteiger partial charge in [0.25, 0.3) is 0 Å². The maximum Gasteiger partial charge on any atom is 0.225 e. The number of aryl methyl sites for hydroxylation is 1. The third-order valence-corrected chi connectivity index (χ3v) is 3.12. The van der Waals surface area contributed by atoms with Gasteiger partial charge < -0.3 is 15.4 Å². The molecule has 0 aromatic heterocycles. The van der Waals surface area contributed by atoms with Crippen LogP contribution in [0.3, 0.4) is 0 Å². The Bertz CT molecular complexity index is 419. The first-order valence-electron chi connectivity index (χ1n) is 7.32. The van der Waals surface area contributed by atoms with Crippen molar-refractivity contribution in [1.82, 2.24) is 5.32 Å². The van der Waals surface area contributed by atoms with E-state index in [0.717, 1.165) is 17.8 Å². The third-order valence-electron chi connectivity index (χ3n) is 3.12. The largest absolute Gasteiger partial charge is 0.495 e. The van der Waals surface area contributed by atoms with Gasteiger partial charge in [-0.15, -0.1) is 0 Å². The average Bonchev–Trinajstić information content (AvgIpc) is 2.43. The second-order valence-corrected chi connectivity index (χ2v) is 4.96. The molecule has 0 atom stereocenters. The molecule has 1 amide bonds. The zero-order valence-corrected chi connectivity index (χ0v) is 12.8. The summed E-state index contributed by atoms with van der Waals surface area (Å²) in [5.74, 6) is 0.705. The molecule has 0 saturated carbocycles. The molecule has 0 bridgehead atoms. The molecule has 1 aromatic rings. The van der Waals surface area contributed by atoms with Gasteiger partial charge in [-0.1, -0.05) is 25.8 Å². The predicted octanol–water partition coefficient (Wildman–Crippen LogP) is 3.11. The summed E-state index contributed by atoms with van der Waals surface area (Å²) in [4.78, 5) is 11.9. The van der Waals surface area contributed by atoms with Crippen LogP contribution in [-0.2, 0) is 4.79 Å². The minimum atomic E-state index is 0.0110. The van der Waals surface area contributed by atoms with Crippen molar-refractivity contribution in [3.8, 4) is 5.75 Å². The molecule has 0 spiro atoms. The van der Waals surface area contributed by atoms with Gasteiger partial charge in [0.2, 0.25) is 5.91 Å². The fourth-order valence-corrected chi connectivity index (χ4v) is 1.96. The fourth-order valence-electron chi connectivity index (χ4n) is 1.96. The Morgan fingerprint density at radius 1 is 1.25 bits per heavy atom. The van der Waals surface area contributed by atoms with E-state index >= 15 is 0 Å². The minimum Gasteiger partial charge on any atom is -0.495 e. The lowest BCUT2D eigenvalue weighted by molar-refractivity contribution is -0.116. The number of amides is 1. The number of carbonyl (C=O) groups is 1. The number of unbranched alkanes of at least 4 members (excludes halogenated alkanes) is 2. The monoisotopic (exact) mass is 278 g/mol. The molecule has 0 saturated heterocycles. The van der Waals surface area contributed by atoms with Crippen molar-refractivity contribution in [3.05, 3.63) is 23.8 Å². The highest BCUT2D eigenvalue weighted by molar-refractivity contribution is 5.92. The number of anilines is 1. The zero-order valence-electron chi connectivity index (χ0n) is 12.8. The van der Waals surface area contributed by atoms with Crippen LogP contribution in [0.1, 0.15) is 38.2 Å². The molecule has 4 nitrogen and oxygen atoms in total. The van der Waals surface area contributed by atoms with Crippen LogP contribution in [0.4, 0.5) is 5.69 Å². The summed E-state index contributed by atoms with van der Waals surface area (Å²) in [5.41, 5.74) is 1.84. The average molecular weight is 278 g/mol. The summed E-state index contributed by atoms with van der Waals surface area (Å²) < 4.78 is 5.24. The maximum atomic E-state index is 11.9. The summed E-state index contributed by atoms with van der Waals surface area (Å²) in [6.07, 6.45) is 4.10. The third kappa shape index (κ3) is 6.06. The summed E-state index contributed by atoms with van der Waals surface area (Å²) in [7, 11) is 1.61. The molecule has 20 heavy (non-hydrogen) atoms. The van der Waals surface area contributed by atoms with E-state index in [4.69, 9.17) is 4.74 Å². The van der Waals surface area contributed by atoms with Gasteiger partial charge in [0.15, 0.2) is 0 Å². The van der Waals surface area contributed by atoms with Crippen molar-refractivity contribution in [2.45, 2.75) is 39.5 Å². The molecule has 0 heterocycles. The molecule has 0 fully saturated rings. The molecule has 112 valence electrons. The van der Waals surface area contributed by atoms with E-state index in [9.17, 15) is 4.79 Å². The Morgan fingerprint density at radius 3 is 2.75 bits per heavy atom. The van der Waals surface area contributed by atoms with Crippen molar-refractivity contribution >= 4 is 11.6 Å². The first kappa shape index (κ1) is 16.5. The van der Waals surface area contributed by atoms with Gasteiger partial charge in [-0.3, -0.25) is 4.79 Å². The van der Waals surface area contributed by atoms with Gasteiger partial charge >= 0.3 is 0 Å². The highest BCUT2D eigenvalue weighted by atomic mass is 16.5. The molecule has 2 N–H and O–H groups in total. The van der Waals surface area contributed by atoms with E-state index in [1.807, 2.05) is 25.1 Å². The van der Waals surface area contributed by atoms with Crippen LogP contribution in [-0.4, -0.2) is 26.1 Å². The lowest BCUT2D eigenvalue weighted by Gasteiger charge is -2.11. The molecule has 1 rings (SSSR count). The van der Waals surface area contributed by atoms with Gasteiger partial charge in [0.05, 0.1) is 12.8 Å². The van der Waals surface area contributed by atoms with E-state index in [2.05, 4.69) is 17.6 Å². The number of benzene rings is 1. The topological polar surface area (TPSA) is 50.4 Å². The first-order chi connectivity index (χ1) is 9.67. The molecule has 4 heteroatoms. The summed E-state index contributed by atoms with van der Waals surface area (Å²) in [6.45, 7) is 5.87. The van der Waals surface area contributed by atoms with E-state index in [1.165, 1.54) is 19.3 Å². The second kappa shape index (κ2) is 9.37. The lowest BCUT2D eigenvalue weighted by atomic mass is 10.2. The molecule has 0 radical (unpaired) electrons. The van der Waals surface area contributed by atoms with Crippen LogP contribution in [0.15, 0.2) is 18.2 Å². The minimum absolute atomic E-state index is 0.0110. The highest BCUT2D eigenvalue weighted by Crippen LogP contribution is 2.25. The number of hydrogen-bond donors (Lipinski definition) is 2. The van der Waals surface area contributed by atoms with Gasteiger partial charge in [0.1, 0.15) is 5.75 Å². The van der Waals surface area contributed by atoms with E-state index in [1.54, 1.807) is 7.11 Å². The van der Waals surface area contributed by atoms with Gasteiger partial charge in [-0.25, -0.2) is 0 Å². The Kier molecular flexibility index (Phi) is 7.73. The molecular weight excluding hydrogens is 252 g/mol. The van der Waals surface area contributed by atoms with Crippen LogP contribution in [0.5, 0.6) is 5.75 Å². The fraction of sp³-hybridized carbons (Fsp3) is 0.562. The smallest absolute Gasteiger partial charge is 0.225 e. The summed E-state index contributed by atoms with van der Waals surface area (Å²) in [5, 5.41) is 6.19. The number of carbonyl (C=O) groups excluding carboxylic acids is 1. The van der Waals surface area contributed by atoms with E-state index in [-0.39, 0.29) is 5.91 Å². The van der Waals surface area contributed by atoms with Crippen LogP contribution < -0.4 is 15.4 Å². The Morgan fingerprint density at radius 2 is 2.05 bits per heavy atom.